The summed E-state index contributed by atoms with van der Waals surface area (Å²) < 4.78 is 14.0. The number of rotatable bonds is 4. The van der Waals surface area contributed by atoms with Gasteiger partial charge in [-0.15, -0.1) is 6.42 Å². The van der Waals surface area contributed by atoms with Gasteiger partial charge in [-0.25, -0.2) is 14.4 Å². The third-order valence-electron chi connectivity index (χ3n) is 3.75. The number of nitrogens with zero attached hydrogens (tertiary/aromatic N) is 3. The third-order valence-corrected chi connectivity index (χ3v) is 3.75. The van der Waals surface area contributed by atoms with Crippen molar-refractivity contribution >= 4 is 23.0 Å². The van der Waals surface area contributed by atoms with Gasteiger partial charge in [-0.3, -0.25) is 4.79 Å². The first-order chi connectivity index (χ1) is 12.6. The molecule has 1 heterocycles. The predicted octanol–water partition coefficient (Wildman–Crippen LogP) is 3.62. The summed E-state index contributed by atoms with van der Waals surface area (Å²) in [4.78, 5) is 22.0. The Labute approximate surface area is 150 Å². The molecule has 6 heteroatoms. The molecule has 0 spiro atoms. The van der Waals surface area contributed by atoms with Gasteiger partial charge in [-0.1, -0.05) is 12.0 Å². The van der Waals surface area contributed by atoms with E-state index in [2.05, 4.69) is 21.2 Å². The van der Waals surface area contributed by atoms with Gasteiger partial charge in [0.15, 0.2) is 0 Å². The highest BCUT2D eigenvalue weighted by Gasteiger charge is 2.11. The average Bonchev–Trinajstić information content (AvgIpc) is 2.67. The predicted molar refractivity (Wildman–Crippen MR) is 98.8 cm³/mol. The maximum absolute atomic E-state index is 14.0. The Bertz CT molecular complexity index is 983. The maximum atomic E-state index is 14.0. The fraction of sp³-hybridized carbons (Fsp3) is 0.0500. The summed E-state index contributed by atoms with van der Waals surface area (Å²) in [5, 5.41) is 2.69. The van der Waals surface area contributed by atoms with Crippen molar-refractivity contribution in [3.63, 3.8) is 0 Å². The van der Waals surface area contributed by atoms with E-state index in [9.17, 15) is 9.18 Å². The first kappa shape index (κ1) is 17.1. The number of anilines is 3. The standard InChI is InChI=1S/C20H15FN4O/c1-3-14-5-4-6-15(7-14)20(26)24-17-8-16(21)9-18(10-17)25(2)19-11-22-13-23-12-19/h1,4-13H,2H3,(H,24,26). The molecule has 0 fully saturated rings. The number of amides is 1. The molecule has 0 unspecified atom stereocenters. The molecule has 0 radical (unpaired) electrons. The van der Waals surface area contributed by atoms with Crippen LogP contribution < -0.4 is 10.2 Å². The summed E-state index contributed by atoms with van der Waals surface area (Å²) in [6, 6.07) is 11.0. The Morgan fingerprint density at radius 1 is 1.15 bits per heavy atom. The number of carbonyl (C=O) groups is 1. The van der Waals surface area contributed by atoms with Gasteiger partial charge in [0.25, 0.3) is 5.91 Å². The highest BCUT2D eigenvalue weighted by Crippen LogP contribution is 2.26. The number of terminal acetylenes is 1. The minimum Gasteiger partial charge on any atom is -0.342 e. The lowest BCUT2D eigenvalue weighted by molar-refractivity contribution is 0.102. The van der Waals surface area contributed by atoms with Gasteiger partial charge >= 0.3 is 0 Å². The molecule has 1 aromatic heterocycles. The Hall–Kier alpha value is -3.72. The number of carbonyl (C=O) groups excluding carboxylic acids is 1. The van der Waals surface area contributed by atoms with Crippen molar-refractivity contribution in [1.29, 1.82) is 0 Å². The Morgan fingerprint density at radius 2 is 1.92 bits per heavy atom. The van der Waals surface area contributed by atoms with Crippen LogP contribution in [0.2, 0.25) is 0 Å². The Kier molecular flexibility index (Phi) is 4.90. The van der Waals surface area contributed by atoms with E-state index in [4.69, 9.17) is 6.42 Å². The van der Waals surface area contributed by atoms with E-state index in [1.807, 2.05) is 0 Å². The van der Waals surface area contributed by atoms with Gasteiger partial charge in [-0.05, 0) is 36.4 Å². The van der Waals surface area contributed by atoms with Gasteiger partial charge in [0.1, 0.15) is 12.1 Å². The molecular formula is C20H15FN4O. The molecule has 3 aromatic rings. The molecule has 0 atom stereocenters. The summed E-state index contributed by atoms with van der Waals surface area (Å²) in [5.41, 5.74) is 2.57. The molecular weight excluding hydrogens is 331 g/mol. The van der Waals surface area contributed by atoms with E-state index in [1.165, 1.54) is 18.5 Å². The van der Waals surface area contributed by atoms with Gasteiger partial charge in [-0.2, -0.15) is 0 Å². The normalized spacial score (nSPS) is 10.0. The molecule has 128 valence electrons. The highest BCUT2D eigenvalue weighted by molar-refractivity contribution is 6.04. The van der Waals surface area contributed by atoms with Crippen LogP contribution in [-0.4, -0.2) is 22.9 Å². The van der Waals surface area contributed by atoms with Gasteiger partial charge < -0.3 is 10.2 Å². The van der Waals surface area contributed by atoms with Gasteiger partial charge in [0, 0.05) is 29.5 Å². The summed E-state index contributed by atoms with van der Waals surface area (Å²) in [7, 11) is 1.76. The lowest BCUT2D eigenvalue weighted by atomic mass is 10.1. The minimum atomic E-state index is -0.473. The summed E-state index contributed by atoms with van der Waals surface area (Å²) >= 11 is 0. The van der Waals surface area contributed by atoms with Gasteiger partial charge in [0.05, 0.1) is 18.1 Å². The van der Waals surface area contributed by atoms with Crippen LogP contribution in [0.3, 0.4) is 0 Å². The van der Waals surface area contributed by atoms with Crippen LogP contribution in [0.4, 0.5) is 21.5 Å². The zero-order chi connectivity index (χ0) is 18.5. The van der Waals surface area contributed by atoms with Crippen molar-refractivity contribution < 1.29 is 9.18 Å². The number of aromatic nitrogens is 2. The van der Waals surface area contributed by atoms with Crippen molar-refractivity contribution in [3.05, 3.63) is 78.1 Å². The Balaban J connectivity index is 1.86. The second-order valence-corrected chi connectivity index (χ2v) is 5.53. The van der Waals surface area contributed by atoms with E-state index in [-0.39, 0.29) is 5.91 Å². The topological polar surface area (TPSA) is 58.1 Å². The molecule has 0 saturated carbocycles. The Morgan fingerprint density at radius 3 is 2.65 bits per heavy atom. The summed E-state index contributed by atoms with van der Waals surface area (Å²) in [6.45, 7) is 0. The smallest absolute Gasteiger partial charge is 0.255 e. The first-order valence-electron chi connectivity index (χ1n) is 7.74. The molecule has 0 bridgehead atoms. The van der Waals surface area contributed by atoms with Crippen LogP contribution in [0.15, 0.2) is 61.2 Å². The largest absolute Gasteiger partial charge is 0.342 e. The van der Waals surface area contributed by atoms with Crippen LogP contribution in [0, 0.1) is 18.2 Å². The molecule has 0 aliphatic rings. The maximum Gasteiger partial charge on any atom is 0.255 e. The molecule has 1 N–H and O–H groups in total. The fourth-order valence-corrected chi connectivity index (χ4v) is 2.41. The lowest BCUT2D eigenvalue weighted by Crippen LogP contribution is -2.14. The minimum absolute atomic E-state index is 0.333. The molecule has 5 nitrogen and oxygen atoms in total. The third kappa shape index (κ3) is 3.84. The molecule has 3 rings (SSSR count). The highest BCUT2D eigenvalue weighted by atomic mass is 19.1. The van der Waals surface area contributed by atoms with Crippen molar-refractivity contribution in [2.24, 2.45) is 0 Å². The molecule has 0 saturated heterocycles. The summed E-state index contributed by atoms with van der Waals surface area (Å²) in [5.74, 6) is 1.63. The van der Waals surface area contributed by atoms with Crippen molar-refractivity contribution in [3.8, 4) is 12.3 Å². The molecule has 2 aromatic carbocycles. The summed E-state index contributed by atoms with van der Waals surface area (Å²) in [6.07, 6.45) is 9.99. The number of benzene rings is 2. The molecule has 1 amide bonds. The average molecular weight is 346 g/mol. The number of nitrogens with one attached hydrogen (secondary N) is 1. The van der Waals surface area contributed by atoms with Crippen LogP contribution in [0.1, 0.15) is 15.9 Å². The molecule has 0 aliphatic carbocycles. The van der Waals surface area contributed by atoms with Crippen LogP contribution in [0.5, 0.6) is 0 Å². The van der Waals surface area contributed by atoms with E-state index in [1.54, 1.807) is 54.7 Å². The SMILES string of the molecule is C#Cc1cccc(C(=O)Nc2cc(F)cc(N(C)c3cncnc3)c2)c1. The lowest BCUT2D eigenvalue weighted by Gasteiger charge is -2.19. The monoisotopic (exact) mass is 346 g/mol. The second-order valence-electron chi connectivity index (χ2n) is 5.53. The van der Waals surface area contributed by atoms with Crippen molar-refractivity contribution in [2.45, 2.75) is 0 Å². The van der Waals surface area contributed by atoms with Crippen LogP contribution in [-0.2, 0) is 0 Å². The number of halogens is 1. The fourth-order valence-electron chi connectivity index (χ4n) is 2.41. The zero-order valence-electron chi connectivity index (χ0n) is 14.0. The second kappa shape index (κ2) is 7.45. The van der Waals surface area contributed by atoms with Crippen molar-refractivity contribution in [1.82, 2.24) is 9.97 Å². The number of hydrogen-bond acceptors (Lipinski definition) is 4. The van der Waals surface area contributed by atoms with Gasteiger partial charge in [0.2, 0.25) is 0 Å². The van der Waals surface area contributed by atoms with E-state index in [0.29, 0.717) is 28.2 Å². The molecule has 0 aliphatic heterocycles. The van der Waals surface area contributed by atoms with E-state index >= 15 is 0 Å². The zero-order valence-corrected chi connectivity index (χ0v) is 14.0. The molecule has 26 heavy (non-hydrogen) atoms. The van der Waals surface area contributed by atoms with Crippen LogP contribution in [0.25, 0.3) is 0 Å². The van der Waals surface area contributed by atoms with Crippen LogP contribution >= 0.6 is 0 Å². The number of hydrogen-bond donors (Lipinski definition) is 1. The van der Waals surface area contributed by atoms with Crippen molar-refractivity contribution in [2.75, 3.05) is 17.3 Å². The quantitative estimate of drug-likeness (QED) is 0.733. The first-order valence-corrected chi connectivity index (χ1v) is 7.74. The van der Waals surface area contributed by atoms with E-state index < -0.39 is 5.82 Å². The van der Waals surface area contributed by atoms with E-state index in [0.717, 1.165) is 0 Å².